The minimum atomic E-state index is -4.78. The van der Waals surface area contributed by atoms with Gasteiger partial charge in [0.2, 0.25) is 15.9 Å². The fourth-order valence-electron chi connectivity index (χ4n) is 2.74. The van der Waals surface area contributed by atoms with Gasteiger partial charge in [-0.05, 0) is 62.2 Å². The van der Waals surface area contributed by atoms with Gasteiger partial charge in [-0.25, -0.2) is 8.42 Å². The molecular formula is C19H20ClF3N2O3S. The van der Waals surface area contributed by atoms with Crippen LogP contribution in [0.3, 0.4) is 0 Å². The van der Waals surface area contributed by atoms with E-state index < -0.39 is 38.7 Å². The first-order valence-corrected chi connectivity index (χ1v) is 10.7. The number of amides is 1. The summed E-state index contributed by atoms with van der Waals surface area (Å²) in [7, 11) is -4.08. The molecule has 0 spiro atoms. The number of benzene rings is 2. The van der Waals surface area contributed by atoms with E-state index in [1.54, 1.807) is 18.2 Å². The first-order valence-electron chi connectivity index (χ1n) is 8.46. The molecule has 0 aliphatic rings. The number of nitrogens with one attached hydrogen (secondary N) is 1. The average Bonchev–Trinajstić information content (AvgIpc) is 2.57. The van der Waals surface area contributed by atoms with E-state index in [2.05, 4.69) is 5.32 Å². The summed E-state index contributed by atoms with van der Waals surface area (Å²) in [6, 6.07) is 6.54. The second-order valence-corrected chi connectivity index (χ2v) is 8.95. The highest BCUT2D eigenvalue weighted by Crippen LogP contribution is 2.37. The highest BCUT2D eigenvalue weighted by molar-refractivity contribution is 7.92. The Hall–Kier alpha value is -2.26. The van der Waals surface area contributed by atoms with Gasteiger partial charge >= 0.3 is 6.18 Å². The second kappa shape index (κ2) is 8.23. The monoisotopic (exact) mass is 448 g/mol. The fourth-order valence-corrected chi connectivity index (χ4v) is 4.13. The van der Waals surface area contributed by atoms with Gasteiger partial charge in [0.05, 0.1) is 22.5 Å². The number of carbonyl (C=O) groups excluding carboxylic acids is 1. The highest BCUT2D eigenvalue weighted by atomic mass is 35.5. The van der Waals surface area contributed by atoms with Gasteiger partial charge in [0.1, 0.15) is 6.04 Å². The first-order chi connectivity index (χ1) is 13.2. The Morgan fingerprint density at radius 1 is 1.10 bits per heavy atom. The third-order valence-electron chi connectivity index (χ3n) is 4.37. The summed E-state index contributed by atoms with van der Waals surface area (Å²) in [5, 5.41) is 2.03. The van der Waals surface area contributed by atoms with E-state index in [9.17, 15) is 26.4 Å². The Kier molecular flexibility index (Phi) is 6.54. The summed E-state index contributed by atoms with van der Waals surface area (Å²) in [6.07, 6.45) is -3.96. The van der Waals surface area contributed by atoms with Gasteiger partial charge in [-0.2, -0.15) is 13.2 Å². The van der Waals surface area contributed by atoms with Crippen molar-refractivity contribution in [2.24, 2.45) is 0 Å². The van der Waals surface area contributed by atoms with Crippen LogP contribution in [0.25, 0.3) is 0 Å². The maximum Gasteiger partial charge on any atom is 0.417 e. The number of anilines is 2. The Labute approximate surface area is 172 Å². The molecule has 0 aliphatic heterocycles. The zero-order chi connectivity index (χ0) is 22.1. The van der Waals surface area contributed by atoms with Crippen LogP contribution < -0.4 is 9.62 Å². The van der Waals surface area contributed by atoms with Crippen LogP contribution in [-0.4, -0.2) is 26.6 Å². The summed E-state index contributed by atoms with van der Waals surface area (Å²) in [6.45, 7) is 5.04. The molecule has 2 rings (SSSR count). The van der Waals surface area contributed by atoms with Crippen molar-refractivity contribution in [3.63, 3.8) is 0 Å². The SMILES string of the molecule is Cc1ccc(NC(=O)[C@@H](C)N(c2ccc(Cl)c(C(F)(F)F)c2)S(C)(=O)=O)cc1C. The molecule has 0 aliphatic carbocycles. The number of alkyl halides is 3. The second-order valence-electron chi connectivity index (χ2n) is 6.68. The normalized spacial score (nSPS) is 13.1. The summed E-state index contributed by atoms with van der Waals surface area (Å²) in [5.74, 6) is -0.692. The standard InChI is InChI=1S/C19H20ClF3N2O3S/c1-11-5-6-14(9-12(11)2)24-18(26)13(3)25(29(4,27)28)15-7-8-17(20)16(10-15)19(21,22)23/h5-10,13H,1-4H3,(H,24,26)/t13-/m1/s1. The molecule has 0 heterocycles. The van der Waals surface area contributed by atoms with E-state index in [0.717, 1.165) is 29.5 Å². The number of carbonyl (C=O) groups is 1. The lowest BCUT2D eigenvalue weighted by molar-refractivity contribution is -0.137. The van der Waals surface area contributed by atoms with Gasteiger partial charge in [-0.1, -0.05) is 17.7 Å². The van der Waals surface area contributed by atoms with E-state index in [1.165, 1.54) is 6.92 Å². The lowest BCUT2D eigenvalue weighted by Crippen LogP contribution is -2.45. The topological polar surface area (TPSA) is 66.5 Å². The van der Waals surface area contributed by atoms with E-state index in [1.807, 2.05) is 13.8 Å². The maximum atomic E-state index is 13.2. The van der Waals surface area contributed by atoms with Gasteiger partial charge in [-0.3, -0.25) is 9.10 Å². The zero-order valence-electron chi connectivity index (χ0n) is 16.1. The fraction of sp³-hybridized carbons (Fsp3) is 0.316. The van der Waals surface area contributed by atoms with E-state index >= 15 is 0 Å². The molecule has 5 nitrogen and oxygen atoms in total. The molecule has 0 unspecified atom stereocenters. The van der Waals surface area contributed by atoms with Crippen LogP contribution in [0.15, 0.2) is 36.4 Å². The Morgan fingerprint density at radius 3 is 2.24 bits per heavy atom. The largest absolute Gasteiger partial charge is 0.417 e. The summed E-state index contributed by atoms with van der Waals surface area (Å²) in [5.41, 5.74) is 0.877. The molecule has 0 saturated carbocycles. The Balaban J connectivity index is 2.42. The van der Waals surface area contributed by atoms with Gasteiger partial charge in [0.25, 0.3) is 0 Å². The molecule has 1 amide bonds. The molecular weight excluding hydrogens is 429 g/mol. The van der Waals surface area contributed by atoms with Crippen molar-refractivity contribution in [2.75, 3.05) is 15.9 Å². The molecule has 1 atom stereocenters. The molecule has 0 aromatic heterocycles. The van der Waals surface area contributed by atoms with Crippen LogP contribution in [0.5, 0.6) is 0 Å². The molecule has 29 heavy (non-hydrogen) atoms. The van der Waals surface area contributed by atoms with Gasteiger partial charge in [0.15, 0.2) is 0 Å². The predicted octanol–water partition coefficient (Wildman–Crippen LogP) is 4.77. The third-order valence-corrected chi connectivity index (χ3v) is 5.94. The van der Waals surface area contributed by atoms with Crippen molar-refractivity contribution in [1.82, 2.24) is 0 Å². The highest BCUT2D eigenvalue weighted by Gasteiger charge is 2.36. The Bertz CT molecular complexity index is 1040. The van der Waals surface area contributed by atoms with Crippen molar-refractivity contribution in [3.05, 3.63) is 58.1 Å². The Morgan fingerprint density at radius 2 is 1.72 bits per heavy atom. The van der Waals surface area contributed by atoms with Crippen LogP contribution in [-0.2, 0) is 21.0 Å². The van der Waals surface area contributed by atoms with Crippen molar-refractivity contribution >= 4 is 38.9 Å². The molecule has 0 fully saturated rings. The lowest BCUT2D eigenvalue weighted by Gasteiger charge is -2.29. The van der Waals surface area contributed by atoms with Crippen LogP contribution in [0.1, 0.15) is 23.6 Å². The molecule has 158 valence electrons. The minimum absolute atomic E-state index is 0.313. The van der Waals surface area contributed by atoms with Crippen molar-refractivity contribution in [1.29, 1.82) is 0 Å². The summed E-state index contributed by atoms with van der Waals surface area (Å²) >= 11 is 5.61. The average molecular weight is 449 g/mol. The molecule has 0 bridgehead atoms. The van der Waals surface area contributed by atoms with Crippen LogP contribution in [0, 0.1) is 13.8 Å². The number of hydrogen-bond acceptors (Lipinski definition) is 3. The van der Waals surface area contributed by atoms with Crippen LogP contribution >= 0.6 is 11.6 Å². The van der Waals surface area contributed by atoms with Crippen molar-refractivity contribution in [3.8, 4) is 0 Å². The summed E-state index contributed by atoms with van der Waals surface area (Å²) in [4.78, 5) is 12.7. The zero-order valence-corrected chi connectivity index (χ0v) is 17.7. The molecule has 0 radical (unpaired) electrons. The molecule has 2 aromatic carbocycles. The maximum absolute atomic E-state index is 13.2. The quantitative estimate of drug-likeness (QED) is 0.716. The van der Waals surface area contributed by atoms with Crippen LogP contribution in [0.2, 0.25) is 5.02 Å². The molecule has 10 heteroatoms. The smallest absolute Gasteiger partial charge is 0.324 e. The van der Waals surface area contributed by atoms with Gasteiger partial charge in [-0.15, -0.1) is 0 Å². The van der Waals surface area contributed by atoms with Crippen LogP contribution in [0.4, 0.5) is 24.5 Å². The van der Waals surface area contributed by atoms with Gasteiger partial charge in [0, 0.05) is 5.69 Å². The van der Waals surface area contributed by atoms with Crippen molar-refractivity contribution in [2.45, 2.75) is 33.0 Å². The van der Waals surface area contributed by atoms with E-state index in [4.69, 9.17) is 11.6 Å². The molecule has 1 N–H and O–H groups in total. The predicted molar refractivity (Wildman–Crippen MR) is 108 cm³/mol. The van der Waals surface area contributed by atoms with E-state index in [-0.39, 0.29) is 5.69 Å². The first kappa shape index (κ1) is 23.0. The number of hydrogen-bond donors (Lipinski definition) is 1. The van der Waals surface area contributed by atoms with E-state index in [0.29, 0.717) is 16.1 Å². The lowest BCUT2D eigenvalue weighted by atomic mass is 10.1. The number of rotatable bonds is 5. The number of sulfonamides is 1. The molecule has 0 saturated heterocycles. The minimum Gasteiger partial charge on any atom is -0.324 e. The number of aryl methyl sites for hydroxylation is 2. The van der Waals surface area contributed by atoms with Gasteiger partial charge < -0.3 is 5.32 Å². The number of nitrogens with zero attached hydrogens (tertiary/aromatic N) is 1. The van der Waals surface area contributed by atoms with Crippen molar-refractivity contribution < 1.29 is 26.4 Å². The molecule has 2 aromatic rings. The number of halogens is 4. The summed E-state index contributed by atoms with van der Waals surface area (Å²) < 4.78 is 64.8. The third kappa shape index (κ3) is 5.42.